The van der Waals surface area contributed by atoms with Gasteiger partial charge >= 0.3 is 0 Å². The highest BCUT2D eigenvalue weighted by Crippen LogP contribution is 2.22. The van der Waals surface area contributed by atoms with Gasteiger partial charge in [0, 0.05) is 12.5 Å². The van der Waals surface area contributed by atoms with Crippen LogP contribution in [0.15, 0.2) is 18.2 Å². The smallest absolute Gasteiger partial charge is 0.176 e. The van der Waals surface area contributed by atoms with Gasteiger partial charge < -0.3 is 5.32 Å². The first-order valence-corrected chi connectivity index (χ1v) is 6.89. The summed E-state index contributed by atoms with van der Waals surface area (Å²) in [4.78, 5) is 1.41. The number of tetrazole rings is 1. The summed E-state index contributed by atoms with van der Waals surface area (Å²) in [5.41, 5.74) is 0.827. The molecule has 0 aliphatic heterocycles. The van der Waals surface area contributed by atoms with Crippen molar-refractivity contribution in [1.29, 1.82) is 0 Å². The Balaban J connectivity index is 2.19. The maximum absolute atomic E-state index is 13.6. The minimum absolute atomic E-state index is 0.0640. The quantitative estimate of drug-likeness (QED) is 0.889. The molecule has 1 atom stereocenters. The van der Waals surface area contributed by atoms with Crippen LogP contribution in [0.1, 0.15) is 30.8 Å². The molecule has 0 amide bonds. The second-order valence-corrected chi connectivity index (χ2v) is 4.99. The van der Waals surface area contributed by atoms with Crippen LogP contribution in [-0.2, 0) is 13.5 Å². The molecule has 20 heavy (non-hydrogen) atoms. The predicted octanol–water partition coefficient (Wildman–Crippen LogP) is 2.29. The van der Waals surface area contributed by atoms with Gasteiger partial charge in [-0.15, -0.1) is 10.2 Å². The van der Waals surface area contributed by atoms with Crippen LogP contribution in [0.25, 0.3) is 0 Å². The lowest BCUT2D eigenvalue weighted by Crippen LogP contribution is -2.24. The van der Waals surface area contributed by atoms with Crippen LogP contribution in [0, 0.1) is 5.82 Å². The molecule has 2 aromatic rings. The van der Waals surface area contributed by atoms with Gasteiger partial charge in [-0.2, -0.15) is 4.80 Å². The molecule has 0 bridgehead atoms. The number of hydrogen-bond donors (Lipinski definition) is 1. The van der Waals surface area contributed by atoms with Gasteiger partial charge in [0.1, 0.15) is 5.82 Å². The average molecular weight is 298 g/mol. The zero-order valence-corrected chi connectivity index (χ0v) is 12.2. The third kappa shape index (κ3) is 3.74. The highest BCUT2D eigenvalue weighted by molar-refractivity contribution is 6.30. The summed E-state index contributed by atoms with van der Waals surface area (Å²) in [5, 5.41) is 15.4. The van der Waals surface area contributed by atoms with Gasteiger partial charge in [-0.3, -0.25) is 0 Å². The Morgan fingerprint density at radius 1 is 1.45 bits per heavy atom. The third-order valence-electron chi connectivity index (χ3n) is 2.92. The molecule has 1 aromatic carbocycles. The topological polar surface area (TPSA) is 55.6 Å². The fourth-order valence-corrected chi connectivity index (χ4v) is 2.06. The van der Waals surface area contributed by atoms with Crippen molar-refractivity contribution in [3.63, 3.8) is 0 Å². The molecule has 0 saturated carbocycles. The molecule has 108 valence electrons. The van der Waals surface area contributed by atoms with E-state index in [0.29, 0.717) is 12.2 Å². The molecule has 0 aliphatic carbocycles. The summed E-state index contributed by atoms with van der Waals surface area (Å²) in [6, 6.07) is 4.77. The lowest BCUT2D eigenvalue weighted by atomic mass is 10.0. The number of hydrogen-bond acceptors (Lipinski definition) is 4. The van der Waals surface area contributed by atoms with Gasteiger partial charge in [-0.05, 0) is 35.9 Å². The van der Waals surface area contributed by atoms with Crippen molar-refractivity contribution in [3.8, 4) is 0 Å². The summed E-state index contributed by atoms with van der Waals surface area (Å²) < 4.78 is 13.6. The van der Waals surface area contributed by atoms with E-state index >= 15 is 0 Å². The molecule has 0 spiro atoms. The van der Waals surface area contributed by atoms with E-state index in [4.69, 9.17) is 11.6 Å². The standard InChI is InChI=1S/C13H17ClFN5/c1-3-6-16-12(8-13-17-19-20(2)18-13)9-4-5-10(14)11(15)7-9/h4-5,7,12,16H,3,6,8H2,1-2H3. The van der Waals surface area contributed by atoms with E-state index in [0.717, 1.165) is 18.5 Å². The fraction of sp³-hybridized carbons (Fsp3) is 0.462. The first kappa shape index (κ1) is 14.9. The molecular weight excluding hydrogens is 281 g/mol. The Labute approximate surface area is 122 Å². The Morgan fingerprint density at radius 2 is 2.25 bits per heavy atom. The molecule has 0 aliphatic rings. The number of benzene rings is 1. The van der Waals surface area contributed by atoms with Gasteiger partial charge in [-0.25, -0.2) is 4.39 Å². The van der Waals surface area contributed by atoms with Crippen LogP contribution >= 0.6 is 11.6 Å². The lowest BCUT2D eigenvalue weighted by Gasteiger charge is -2.17. The van der Waals surface area contributed by atoms with E-state index < -0.39 is 5.82 Å². The first-order valence-electron chi connectivity index (χ1n) is 6.51. The normalized spacial score (nSPS) is 12.6. The number of nitrogens with zero attached hydrogens (tertiary/aromatic N) is 4. The molecule has 1 unspecified atom stereocenters. The van der Waals surface area contributed by atoms with E-state index in [1.54, 1.807) is 13.1 Å². The van der Waals surface area contributed by atoms with Crippen LogP contribution in [0.4, 0.5) is 4.39 Å². The molecular formula is C13H17ClFN5. The molecule has 5 nitrogen and oxygen atoms in total. The minimum atomic E-state index is -0.417. The Bertz CT molecular complexity index is 572. The third-order valence-corrected chi connectivity index (χ3v) is 3.23. The summed E-state index contributed by atoms with van der Waals surface area (Å²) in [6.07, 6.45) is 1.54. The van der Waals surface area contributed by atoms with Crippen LogP contribution in [0.3, 0.4) is 0 Å². The summed E-state index contributed by atoms with van der Waals surface area (Å²) >= 11 is 5.72. The van der Waals surface area contributed by atoms with Gasteiger partial charge in [0.05, 0.1) is 12.1 Å². The largest absolute Gasteiger partial charge is 0.310 e. The van der Waals surface area contributed by atoms with E-state index in [2.05, 4.69) is 27.7 Å². The second-order valence-electron chi connectivity index (χ2n) is 4.58. The van der Waals surface area contributed by atoms with Crippen molar-refractivity contribution in [2.75, 3.05) is 6.54 Å². The maximum atomic E-state index is 13.6. The molecule has 0 saturated heterocycles. The van der Waals surface area contributed by atoms with Crippen molar-refractivity contribution in [2.45, 2.75) is 25.8 Å². The van der Waals surface area contributed by atoms with Gasteiger partial charge in [0.15, 0.2) is 5.82 Å². The Morgan fingerprint density at radius 3 is 2.85 bits per heavy atom. The molecule has 2 rings (SSSR count). The highest BCUT2D eigenvalue weighted by Gasteiger charge is 2.16. The van der Waals surface area contributed by atoms with Crippen LogP contribution in [-0.4, -0.2) is 26.8 Å². The summed E-state index contributed by atoms with van der Waals surface area (Å²) in [7, 11) is 1.72. The molecule has 1 N–H and O–H groups in total. The summed E-state index contributed by atoms with van der Waals surface area (Å²) in [5.74, 6) is 0.205. The van der Waals surface area contributed by atoms with Crippen LogP contribution in [0.2, 0.25) is 5.02 Å². The van der Waals surface area contributed by atoms with Gasteiger partial charge in [-0.1, -0.05) is 24.6 Å². The monoisotopic (exact) mass is 297 g/mol. The number of aromatic nitrogens is 4. The maximum Gasteiger partial charge on any atom is 0.176 e. The molecule has 1 aromatic heterocycles. The molecule has 1 heterocycles. The molecule has 0 radical (unpaired) electrons. The number of halogens is 2. The number of aryl methyl sites for hydroxylation is 1. The van der Waals surface area contributed by atoms with E-state index in [-0.39, 0.29) is 11.1 Å². The Kier molecular flexibility index (Phi) is 5.03. The van der Waals surface area contributed by atoms with E-state index in [9.17, 15) is 4.39 Å². The average Bonchev–Trinajstić information content (AvgIpc) is 2.83. The van der Waals surface area contributed by atoms with E-state index in [1.165, 1.54) is 10.9 Å². The number of rotatable bonds is 6. The second kappa shape index (κ2) is 6.76. The van der Waals surface area contributed by atoms with Crippen LogP contribution in [0.5, 0.6) is 0 Å². The molecule has 0 fully saturated rings. The van der Waals surface area contributed by atoms with Crippen molar-refractivity contribution in [1.82, 2.24) is 25.5 Å². The van der Waals surface area contributed by atoms with Crippen molar-refractivity contribution < 1.29 is 4.39 Å². The number of nitrogens with one attached hydrogen (secondary N) is 1. The zero-order valence-electron chi connectivity index (χ0n) is 11.5. The van der Waals surface area contributed by atoms with E-state index in [1.807, 2.05) is 6.07 Å². The van der Waals surface area contributed by atoms with Crippen molar-refractivity contribution in [2.24, 2.45) is 7.05 Å². The van der Waals surface area contributed by atoms with Crippen LogP contribution < -0.4 is 5.32 Å². The van der Waals surface area contributed by atoms with Gasteiger partial charge in [0.2, 0.25) is 0 Å². The minimum Gasteiger partial charge on any atom is -0.310 e. The molecule has 7 heteroatoms. The predicted molar refractivity (Wildman–Crippen MR) is 74.9 cm³/mol. The SMILES string of the molecule is CCCNC(Cc1nnn(C)n1)c1ccc(Cl)c(F)c1. The van der Waals surface area contributed by atoms with Crippen molar-refractivity contribution in [3.05, 3.63) is 40.4 Å². The Hall–Kier alpha value is -1.53. The van der Waals surface area contributed by atoms with Gasteiger partial charge in [0.25, 0.3) is 0 Å². The zero-order chi connectivity index (χ0) is 14.5. The first-order chi connectivity index (χ1) is 9.60. The summed E-state index contributed by atoms with van der Waals surface area (Å²) in [6.45, 7) is 2.91. The fourth-order valence-electron chi connectivity index (χ4n) is 1.94. The highest BCUT2D eigenvalue weighted by atomic mass is 35.5. The van der Waals surface area contributed by atoms with Crippen molar-refractivity contribution >= 4 is 11.6 Å². The lowest BCUT2D eigenvalue weighted by molar-refractivity contribution is 0.512.